The van der Waals surface area contributed by atoms with Gasteiger partial charge in [-0.2, -0.15) is 0 Å². The van der Waals surface area contributed by atoms with E-state index in [-0.39, 0.29) is 18.9 Å². The Kier molecular flexibility index (Phi) is 15.9. The predicted molar refractivity (Wildman–Crippen MR) is 263 cm³/mol. The van der Waals surface area contributed by atoms with E-state index < -0.39 is 80.4 Å². The van der Waals surface area contributed by atoms with Crippen LogP contribution in [0.5, 0.6) is 11.5 Å². The van der Waals surface area contributed by atoms with Gasteiger partial charge in [0.2, 0.25) is 21.8 Å². The molecule has 2 aliphatic carbocycles. The summed E-state index contributed by atoms with van der Waals surface area (Å²) in [6, 6.07) is 4.63. The molecule has 1 aromatic carbocycles. The smallest absolute Gasteiger partial charge is 0.408 e. The number of hydrogen-bond acceptors (Lipinski definition) is 14. The number of sulfonamides is 1. The SMILES string of the molecule is COc1ccc2c(O[C@@H]3CC4C(=O)NC5(C(=O)NS(=O)(=O)C6CC6)CC5/C=C\CCCCCC(NC(=O)OC(C)(C)C)C(=O)N4[C@H]3CCCCCN(C)C)cc(-c3csc(NC(C)C)n3)nc2c1. The highest BCUT2D eigenvalue weighted by molar-refractivity contribution is 7.91. The average molecular weight is 979 g/mol. The van der Waals surface area contributed by atoms with Crippen molar-refractivity contribution in [2.75, 3.05) is 33.1 Å². The summed E-state index contributed by atoms with van der Waals surface area (Å²) < 4.78 is 47.0. The number of ether oxygens (including phenoxy) is 3. The molecule has 19 heteroatoms. The van der Waals surface area contributed by atoms with Crippen LogP contribution >= 0.6 is 11.3 Å². The number of amides is 4. The summed E-state index contributed by atoms with van der Waals surface area (Å²) in [5.74, 6) is -1.26. The first kappa shape index (κ1) is 50.9. The van der Waals surface area contributed by atoms with Gasteiger partial charge >= 0.3 is 6.09 Å². The molecule has 0 radical (unpaired) electrons. The molecule has 17 nitrogen and oxygen atoms in total. The molecule has 0 bridgehead atoms. The number of rotatable bonds is 16. The first-order valence-corrected chi connectivity index (χ1v) is 26.6. The molecule has 372 valence electrons. The number of methoxy groups -OCH3 is 1. The molecule has 68 heavy (non-hydrogen) atoms. The monoisotopic (exact) mass is 978 g/mol. The molecule has 3 fully saturated rings. The lowest BCUT2D eigenvalue weighted by Crippen LogP contribution is -2.60. The number of allylic oxidation sites excluding steroid dienone is 1. The molecular formula is C49H70N8O9S2. The van der Waals surface area contributed by atoms with Gasteiger partial charge in [-0.05, 0) is 119 Å². The van der Waals surface area contributed by atoms with Crippen molar-refractivity contribution in [2.45, 2.75) is 165 Å². The lowest BCUT2D eigenvalue weighted by Gasteiger charge is -2.35. The number of thiazole rings is 1. The van der Waals surface area contributed by atoms with Crippen LogP contribution in [0.4, 0.5) is 9.93 Å². The van der Waals surface area contributed by atoms with Gasteiger partial charge in [0.15, 0.2) is 5.13 Å². The minimum atomic E-state index is -3.95. The fourth-order valence-corrected chi connectivity index (χ4v) is 11.4. The molecule has 2 aromatic heterocycles. The molecule has 0 spiro atoms. The quantitative estimate of drug-likeness (QED) is 0.0850. The van der Waals surface area contributed by atoms with E-state index in [1.54, 1.807) is 32.8 Å². The highest BCUT2D eigenvalue weighted by Gasteiger charge is 2.62. The van der Waals surface area contributed by atoms with Gasteiger partial charge in [-0.25, -0.2) is 23.2 Å². The number of carbonyl (C=O) groups is 4. The molecule has 4 unspecified atom stereocenters. The second kappa shape index (κ2) is 21.3. The molecule has 2 saturated carbocycles. The Bertz CT molecular complexity index is 2450. The maximum atomic E-state index is 15.5. The molecule has 2 aliphatic heterocycles. The molecule has 7 rings (SSSR count). The summed E-state index contributed by atoms with van der Waals surface area (Å²) in [7, 11) is 1.68. The third-order valence-corrected chi connectivity index (χ3v) is 15.5. The Balaban J connectivity index is 1.31. The van der Waals surface area contributed by atoms with Crippen molar-refractivity contribution in [3.63, 3.8) is 0 Å². The first-order valence-electron chi connectivity index (χ1n) is 24.2. The van der Waals surface area contributed by atoms with Crippen molar-refractivity contribution in [2.24, 2.45) is 5.92 Å². The van der Waals surface area contributed by atoms with E-state index in [1.165, 1.54) is 11.3 Å². The van der Waals surface area contributed by atoms with E-state index in [2.05, 4.69) is 25.6 Å². The molecule has 4 N–H and O–H groups in total. The van der Waals surface area contributed by atoms with E-state index in [1.807, 2.05) is 69.7 Å². The summed E-state index contributed by atoms with van der Waals surface area (Å²) in [6.45, 7) is 10.2. The van der Waals surface area contributed by atoms with Crippen LogP contribution in [0.3, 0.4) is 0 Å². The van der Waals surface area contributed by atoms with Crippen molar-refractivity contribution < 1.29 is 41.8 Å². The van der Waals surface area contributed by atoms with E-state index in [4.69, 9.17) is 24.2 Å². The lowest BCUT2D eigenvalue weighted by atomic mass is 10.0. The normalized spacial score (nSPS) is 25.1. The Labute approximate surface area is 405 Å². The number of carbonyl (C=O) groups excluding carboxylic acids is 4. The van der Waals surface area contributed by atoms with Gasteiger partial charge in [0.25, 0.3) is 5.91 Å². The summed E-state index contributed by atoms with van der Waals surface area (Å²) >= 11 is 1.46. The molecule has 1 saturated heterocycles. The van der Waals surface area contributed by atoms with Gasteiger partial charge < -0.3 is 40.0 Å². The Hall–Kier alpha value is -5.01. The Morgan fingerprint density at radius 3 is 2.51 bits per heavy atom. The van der Waals surface area contributed by atoms with Crippen molar-refractivity contribution in [3.05, 3.63) is 41.8 Å². The summed E-state index contributed by atoms with van der Waals surface area (Å²) in [5.41, 5.74) is -0.610. The molecule has 4 heterocycles. The van der Waals surface area contributed by atoms with Gasteiger partial charge in [-0.1, -0.05) is 37.8 Å². The number of alkyl carbamates (subject to hydrolysis) is 1. The lowest BCUT2D eigenvalue weighted by molar-refractivity contribution is -0.143. The maximum absolute atomic E-state index is 15.5. The van der Waals surface area contributed by atoms with Gasteiger partial charge in [-0.3, -0.25) is 19.1 Å². The zero-order chi connectivity index (χ0) is 49.0. The van der Waals surface area contributed by atoms with Crippen LogP contribution in [-0.4, -0.2) is 126 Å². The van der Waals surface area contributed by atoms with Crippen LogP contribution in [0.1, 0.15) is 118 Å². The molecule has 4 amide bonds. The van der Waals surface area contributed by atoms with Gasteiger partial charge in [-0.15, -0.1) is 11.3 Å². The Morgan fingerprint density at radius 1 is 1.03 bits per heavy atom. The van der Waals surface area contributed by atoms with E-state index >= 15 is 9.59 Å². The molecule has 3 aromatic rings. The average Bonchev–Trinajstić information content (AvgIpc) is 4.16. The summed E-state index contributed by atoms with van der Waals surface area (Å²) in [6.07, 6.45) is 9.52. The van der Waals surface area contributed by atoms with Crippen LogP contribution in [0.15, 0.2) is 41.8 Å². The predicted octanol–water partition coefficient (Wildman–Crippen LogP) is 6.92. The fourth-order valence-electron chi connectivity index (χ4n) is 9.16. The van der Waals surface area contributed by atoms with Crippen LogP contribution < -0.4 is 30.1 Å². The highest BCUT2D eigenvalue weighted by atomic mass is 32.2. The van der Waals surface area contributed by atoms with Crippen molar-refractivity contribution in [3.8, 4) is 22.9 Å². The van der Waals surface area contributed by atoms with Crippen LogP contribution in [0.2, 0.25) is 0 Å². The van der Waals surface area contributed by atoms with Crippen LogP contribution in [-0.2, 0) is 29.1 Å². The Morgan fingerprint density at radius 2 is 1.81 bits per heavy atom. The topological polar surface area (TPSA) is 210 Å². The summed E-state index contributed by atoms with van der Waals surface area (Å²) in [5, 5.41) is 11.9. The van der Waals surface area contributed by atoms with Gasteiger partial charge in [0.1, 0.15) is 46.5 Å². The minimum Gasteiger partial charge on any atom is -0.497 e. The number of aromatic nitrogens is 2. The second-order valence-electron chi connectivity index (χ2n) is 20.3. The molecule has 4 aliphatic rings. The standard InChI is InChI=1S/C49H70N8O9S2/c1-30(2)50-46-52-38(29-67-46)37-26-41(34-23-20-32(64-8)25-36(34)51-37)65-42-27-40-43(58)54-49(45(60)55-68(62,63)33-21-22-33)28-31(49)17-13-10-9-11-14-18-35(53-47(61)66-48(3,4)5)44(59)57(40)39(42)19-15-12-16-24-56(6)7/h13,17,20,23,25-26,29-31,33,35,39-40,42H,9-12,14-16,18-19,21-22,24,27-28H2,1-8H3,(H,50,52)(H,53,61)(H,54,58)(H,55,60)/b17-13-/t31?,35?,39-,40?,42+,49?/m0/s1. The zero-order valence-corrected chi connectivity index (χ0v) is 42.4. The highest BCUT2D eigenvalue weighted by Crippen LogP contribution is 2.47. The van der Waals surface area contributed by atoms with Crippen molar-refractivity contribution >= 4 is 61.2 Å². The third kappa shape index (κ3) is 12.6. The number of benzene rings is 1. The number of nitrogens with zero attached hydrogens (tertiary/aromatic N) is 4. The van der Waals surface area contributed by atoms with E-state index in [0.717, 1.165) is 37.4 Å². The maximum Gasteiger partial charge on any atom is 0.408 e. The van der Waals surface area contributed by atoms with E-state index in [0.29, 0.717) is 78.7 Å². The fraction of sp³-hybridized carbons (Fsp3) is 0.633. The number of anilines is 1. The van der Waals surface area contributed by atoms with Gasteiger partial charge in [0, 0.05) is 41.3 Å². The third-order valence-electron chi connectivity index (χ3n) is 12.9. The van der Waals surface area contributed by atoms with E-state index in [9.17, 15) is 18.0 Å². The van der Waals surface area contributed by atoms with Crippen LogP contribution in [0, 0.1) is 5.92 Å². The van der Waals surface area contributed by atoms with Crippen molar-refractivity contribution in [1.82, 2.24) is 35.1 Å². The van der Waals surface area contributed by atoms with Crippen LogP contribution in [0.25, 0.3) is 22.3 Å². The summed E-state index contributed by atoms with van der Waals surface area (Å²) in [4.78, 5) is 71.8. The molecule has 6 atom stereocenters. The molecular weight excluding hydrogens is 909 g/mol. The van der Waals surface area contributed by atoms with Crippen molar-refractivity contribution in [1.29, 1.82) is 0 Å². The second-order valence-corrected chi connectivity index (χ2v) is 23.1. The van der Waals surface area contributed by atoms with Gasteiger partial charge in [0.05, 0.1) is 29.6 Å². The number of pyridine rings is 1. The zero-order valence-electron chi connectivity index (χ0n) is 40.8. The number of unbranched alkanes of at least 4 members (excludes halogenated alkanes) is 2. The number of nitrogens with one attached hydrogen (secondary N) is 4. The largest absolute Gasteiger partial charge is 0.497 e. The minimum absolute atomic E-state index is 0.0339. The number of fused-ring (bicyclic) bond motifs is 3. The first-order chi connectivity index (χ1) is 32.3. The number of hydrogen-bond donors (Lipinski definition) is 4.